The summed E-state index contributed by atoms with van der Waals surface area (Å²) < 4.78 is 26.2. The largest absolute Gasteiger partial charge is 0.355 e. The number of likely N-dealkylation sites (N-methyl/N-ethyl adjacent to an activating group) is 1. The summed E-state index contributed by atoms with van der Waals surface area (Å²) >= 11 is 0. The van der Waals surface area contributed by atoms with Crippen molar-refractivity contribution in [3.05, 3.63) is 65.7 Å². The molecular weight excluding hydrogens is 430 g/mol. The zero-order chi connectivity index (χ0) is 23.3. The molecule has 1 heterocycles. The first kappa shape index (κ1) is 23.5. The Kier molecular flexibility index (Phi) is 7.29. The van der Waals surface area contributed by atoms with E-state index in [0.717, 1.165) is 9.87 Å². The molecule has 170 valence electrons. The van der Waals surface area contributed by atoms with Crippen LogP contribution in [0.1, 0.15) is 42.6 Å². The van der Waals surface area contributed by atoms with Crippen LogP contribution in [0.2, 0.25) is 0 Å². The van der Waals surface area contributed by atoms with Gasteiger partial charge in [-0.1, -0.05) is 42.5 Å². The van der Waals surface area contributed by atoms with Crippen molar-refractivity contribution in [2.45, 2.75) is 44.2 Å². The molecular formula is C23H27N3O5S. The van der Waals surface area contributed by atoms with Gasteiger partial charge in [-0.15, -0.1) is 0 Å². The number of carbonyl (C=O) groups is 3. The number of hydrogen-bond acceptors (Lipinski definition) is 5. The van der Waals surface area contributed by atoms with Gasteiger partial charge in [0.1, 0.15) is 10.9 Å². The summed E-state index contributed by atoms with van der Waals surface area (Å²) in [6.07, 6.45) is 0.164. The molecule has 0 saturated heterocycles. The molecule has 0 radical (unpaired) electrons. The highest BCUT2D eigenvalue weighted by molar-refractivity contribution is 7.90. The number of fused-ring (bicyclic) bond motifs is 1. The van der Waals surface area contributed by atoms with Gasteiger partial charge in [0, 0.05) is 26.1 Å². The molecule has 3 rings (SSSR count). The van der Waals surface area contributed by atoms with Gasteiger partial charge in [0.25, 0.3) is 15.9 Å². The van der Waals surface area contributed by atoms with E-state index in [-0.39, 0.29) is 48.2 Å². The topological polar surface area (TPSA) is 104 Å². The van der Waals surface area contributed by atoms with E-state index in [1.165, 1.54) is 17.0 Å². The zero-order valence-electron chi connectivity index (χ0n) is 18.2. The lowest BCUT2D eigenvalue weighted by Crippen LogP contribution is -2.47. The molecule has 1 unspecified atom stereocenters. The molecule has 8 nitrogen and oxygen atoms in total. The molecule has 1 atom stereocenters. The van der Waals surface area contributed by atoms with Crippen molar-refractivity contribution in [3.63, 3.8) is 0 Å². The molecule has 2 aromatic rings. The number of nitrogens with one attached hydrogen (secondary N) is 1. The van der Waals surface area contributed by atoms with Crippen LogP contribution in [0, 0.1) is 0 Å². The molecule has 9 heteroatoms. The summed E-state index contributed by atoms with van der Waals surface area (Å²) in [6.45, 7) is 4.07. The van der Waals surface area contributed by atoms with Crippen LogP contribution in [-0.2, 0) is 26.2 Å². The first-order valence-electron chi connectivity index (χ1n) is 10.5. The number of amides is 3. The van der Waals surface area contributed by atoms with Gasteiger partial charge < -0.3 is 10.2 Å². The molecule has 1 aliphatic rings. The zero-order valence-corrected chi connectivity index (χ0v) is 19.0. The van der Waals surface area contributed by atoms with Crippen molar-refractivity contribution in [1.82, 2.24) is 14.5 Å². The number of sulfonamides is 1. The normalized spacial score (nSPS) is 15.2. The molecule has 0 aromatic heterocycles. The van der Waals surface area contributed by atoms with E-state index in [4.69, 9.17) is 0 Å². The number of benzene rings is 2. The predicted molar refractivity (Wildman–Crippen MR) is 119 cm³/mol. The first-order valence-corrected chi connectivity index (χ1v) is 12.0. The van der Waals surface area contributed by atoms with Crippen molar-refractivity contribution in [2.24, 2.45) is 0 Å². The van der Waals surface area contributed by atoms with Gasteiger partial charge in [-0.3, -0.25) is 14.4 Å². The smallest absolute Gasteiger partial charge is 0.269 e. The van der Waals surface area contributed by atoms with Gasteiger partial charge in [0.15, 0.2) is 0 Å². The van der Waals surface area contributed by atoms with Crippen LogP contribution in [0.25, 0.3) is 0 Å². The van der Waals surface area contributed by atoms with Crippen LogP contribution in [0.4, 0.5) is 0 Å². The van der Waals surface area contributed by atoms with Gasteiger partial charge in [-0.05, 0) is 38.0 Å². The maximum Gasteiger partial charge on any atom is 0.269 e. The fourth-order valence-corrected chi connectivity index (χ4v) is 5.26. The van der Waals surface area contributed by atoms with E-state index in [0.29, 0.717) is 6.54 Å². The quantitative estimate of drug-likeness (QED) is 0.622. The van der Waals surface area contributed by atoms with Crippen LogP contribution in [0.5, 0.6) is 0 Å². The van der Waals surface area contributed by atoms with Gasteiger partial charge in [0.2, 0.25) is 11.8 Å². The lowest BCUT2D eigenvalue weighted by atomic mass is 10.1. The van der Waals surface area contributed by atoms with Crippen molar-refractivity contribution in [2.75, 3.05) is 13.1 Å². The second-order valence-corrected chi connectivity index (χ2v) is 9.39. The van der Waals surface area contributed by atoms with Crippen molar-refractivity contribution < 1.29 is 22.8 Å². The molecule has 3 amide bonds. The third-order valence-corrected chi connectivity index (χ3v) is 7.22. The molecule has 32 heavy (non-hydrogen) atoms. The third-order valence-electron chi connectivity index (χ3n) is 5.38. The van der Waals surface area contributed by atoms with Gasteiger partial charge in [-0.2, -0.15) is 0 Å². The average molecular weight is 458 g/mol. The summed E-state index contributed by atoms with van der Waals surface area (Å²) in [5.41, 5.74) is 1.03. The average Bonchev–Trinajstić information content (AvgIpc) is 2.98. The minimum Gasteiger partial charge on any atom is -0.355 e. The van der Waals surface area contributed by atoms with Crippen molar-refractivity contribution in [1.29, 1.82) is 0 Å². The van der Waals surface area contributed by atoms with Crippen LogP contribution in [0.3, 0.4) is 0 Å². The maximum absolute atomic E-state index is 13.0. The standard InChI is InChI=1S/C23H27N3O5S/c1-3-24-22(28)17(2)25(16-18-10-5-4-6-11-18)21(27)14-9-15-26-23(29)19-12-7-8-13-20(19)32(26,30)31/h4-8,10-13,17H,3,9,14-16H2,1-2H3,(H,24,28). The van der Waals surface area contributed by atoms with Crippen LogP contribution < -0.4 is 5.32 Å². The number of rotatable bonds is 9. The lowest BCUT2D eigenvalue weighted by Gasteiger charge is -2.29. The van der Waals surface area contributed by atoms with E-state index in [1.54, 1.807) is 26.0 Å². The van der Waals surface area contributed by atoms with Crippen LogP contribution >= 0.6 is 0 Å². The predicted octanol–water partition coefficient (Wildman–Crippen LogP) is 2.16. The number of nitrogens with zero attached hydrogens (tertiary/aromatic N) is 2. The molecule has 1 aliphatic heterocycles. The Bertz CT molecular complexity index is 1100. The van der Waals surface area contributed by atoms with E-state index in [9.17, 15) is 22.8 Å². The molecule has 0 bridgehead atoms. The van der Waals surface area contributed by atoms with Gasteiger partial charge in [0.05, 0.1) is 5.56 Å². The highest BCUT2D eigenvalue weighted by Gasteiger charge is 2.40. The molecule has 0 saturated carbocycles. The van der Waals surface area contributed by atoms with E-state index in [1.807, 2.05) is 30.3 Å². The van der Waals surface area contributed by atoms with E-state index >= 15 is 0 Å². The molecule has 0 spiro atoms. The fourth-order valence-electron chi connectivity index (χ4n) is 3.65. The van der Waals surface area contributed by atoms with Gasteiger partial charge in [-0.25, -0.2) is 12.7 Å². The Morgan fingerprint density at radius 1 is 1.06 bits per heavy atom. The second-order valence-electron chi connectivity index (χ2n) is 7.56. The summed E-state index contributed by atoms with van der Waals surface area (Å²) in [5.74, 6) is -1.12. The Labute approximate surface area is 188 Å². The van der Waals surface area contributed by atoms with Crippen molar-refractivity contribution >= 4 is 27.7 Å². The molecule has 1 N–H and O–H groups in total. The lowest BCUT2D eigenvalue weighted by molar-refractivity contribution is -0.140. The highest BCUT2D eigenvalue weighted by atomic mass is 32.2. The third kappa shape index (κ3) is 4.83. The fraction of sp³-hybridized carbons (Fsp3) is 0.348. The Morgan fingerprint density at radius 3 is 2.38 bits per heavy atom. The highest BCUT2D eigenvalue weighted by Crippen LogP contribution is 2.30. The first-order chi connectivity index (χ1) is 15.3. The maximum atomic E-state index is 13.0. The molecule has 0 aliphatic carbocycles. The Balaban J connectivity index is 1.68. The second kappa shape index (κ2) is 9.95. The minimum absolute atomic E-state index is 0.00617. The summed E-state index contributed by atoms with van der Waals surface area (Å²) in [5, 5.41) is 2.73. The van der Waals surface area contributed by atoms with E-state index in [2.05, 4.69) is 5.32 Å². The van der Waals surface area contributed by atoms with Crippen LogP contribution in [-0.4, -0.2) is 54.5 Å². The SMILES string of the molecule is CCNC(=O)C(C)N(Cc1ccccc1)C(=O)CCCN1C(=O)c2ccccc2S1(=O)=O. The van der Waals surface area contributed by atoms with Crippen molar-refractivity contribution in [3.8, 4) is 0 Å². The monoisotopic (exact) mass is 457 g/mol. The van der Waals surface area contributed by atoms with E-state index < -0.39 is 22.0 Å². The van der Waals surface area contributed by atoms with Gasteiger partial charge >= 0.3 is 0 Å². The summed E-state index contributed by atoms with van der Waals surface area (Å²) in [7, 11) is -3.90. The molecule has 2 aromatic carbocycles. The molecule has 0 fully saturated rings. The Morgan fingerprint density at radius 2 is 1.72 bits per heavy atom. The Hall–Kier alpha value is -3.20. The number of carbonyl (C=O) groups excluding carboxylic acids is 3. The minimum atomic E-state index is -3.90. The summed E-state index contributed by atoms with van der Waals surface area (Å²) in [4.78, 5) is 39.4. The summed E-state index contributed by atoms with van der Waals surface area (Å²) in [6, 6.07) is 14.7. The van der Waals surface area contributed by atoms with Crippen LogP contribution in [0.15, 0.2) is 59.5 Å². The number of hydrogen-bond donors (Lipinski definition) is 1.